The Hall–Kier alpha value is -2.16. The van der Waals surface area contributed by atoms with Crippen molar-refractivity contribution >= 4 is 5.97 Å². The number of nitriles is 1. The first kappa shape index (κ1) is 14.9. The van der Waals surface area contributed by atoms with Crippen molar-refractivity contribution in [3.05, 3.63) is 29.3 Å². The fourth-order valence-corrected chi connectivity index (χ4v) is 1.50. The van der Waals surface area contributed by atoms with Crippen LogP contribution in [0, 0.1) is 11.3 Å². The van der Waals surface area contributed by atoms with Crippen molar-refractivity contribution < 1.29 is 23.0 Å². The lowest BCUT2D eigenvalue weighted by Gasteiger charge is -2.11. The summed E-state index contributed by atoms with van der Waals surface area (Å²) in [6, 6.07) is 6.20. The van der Waals surface area contributed by atoms with Crippen molar-refractivity contribution in [3.8, 4) is 11.8 Å². The van der Waals surface area contributed by atoms with Gasteiger partial charge in [-0.25, -0.2) is 4.79 Å². The number of ether oxygens (including phenoxy) is 2. The molecule has 0 radical (unpaired) electrons. The van der Waals surface area contributed by atoms with Gasteiger partial charge in [-0.05, 0) is 31.0 Å². The average molecular weight is 269 g/mol. The fourth-order valence-electron chi connectivity index (χ4n) is 1.50. The lowest BCUT2D eigenvalue weighted by Crippen LogP contribution is -2.11. The largest absolute Gasteiger partial charge is 0.462 e. The topological polar surface area (TPSA) is 59.3 Å². The van der Waals surface area contributed by atoms with Crippen LogP contribution < -0.4 is 4.74 Å². The zero-order valence-electron chi connectivity index (χ0n) is 10.4. The summed E-state index contributed by atoms with van der Waals surface area (Å²) in [5.74, 6) is -0.953. The molecule has 0 heterocycles. The molecule has 0 aliphatic carbocycles. The van der Waals surface area contributed by atoms with Crippen molar-refractivity contribution in [1.29, 1.82) is 5.26 Å². The Morgan fingerprint density at radius 3 is 2.79 bits per heavy atom. The molecule has 0 N–H and O–H groups in total. The van der Waals surface area contributed by atoms with E-state index in [2.05, 4.69) is 4.74 Å². The summed E-state index contributed by atoms with van der Waals surface area (Å²) in [6.45, 7) is -1.27. The van der Waals surface area contributed by atoms with Crippen LogP contribution in [0.2, 0.25) is 0 Å². The van der Waals surface area contributed by atoms with E-state index >= 15 is 0 Å². The third-order valence-corrected chi connectivity index (χ3v) is 2.28. The third kappa shape index (κ3) is 4.54. The molecule has 0 atom stereocenters. The smallest absolute Gasteiger partial charge is 0.387 e. The average Bonchev–Trinajstić information content (AvgIpc) is 2.37. The maximum Gasteiger partial charge on any atom is 0.387 e. The van der Waals surface area contributed by atoms with E-state index in [1.807, 2.05) is 6.07 Å². The van der Waals surface area contributed by atoms with E-state index < -0.39 is 12.6 Å². The van der Waals surface area contributed by atoms with Crippen LogP contribution in [-0.2, 0) is 11.2 Å². The zero-order chi connectivity index (χ0) is 14.3. The second kappa shape index (κ2) is 7.31. The summed E-state index contributed by atoms with van der Waals surface area (Å²) in [5, 5.41) is 8.50. The molecule has 0 unspecified atom stereocenters. The zero-order valence-corrected chi connectivity index (χ0v) is 10.4. The summed E-state index contributed by atoms with van der Waals surface area (Å²) >= 11 is 0. The van der Waals surface area contributed by atoms with Crippen LogP contribution in [0.1, 0.15) is 29.3 Å². The van der Waals surface area contributed by atoms with Gasteiger partial charge in [0.2, 0.25) is 0 Å². The first-order valence-electron chi connectivity index (χ1n) is 5.70. The number of hydrogen-bond acceptors (Lipinski definition) is 4. The lowest BCUT2D eigenvalue weighted by atomic mass is 10.1. The van der Waals surface area contributed by atoms with Crippen LogP contribution in [0.4, 0.5) is 8.78 Å². The van der Waals surface area contributed by atoms with Gasteiger partial charge in [0.05, 0.1) is 12.7 Å². The van der Waals surface area contributed by atoms with Gasteiger partial charge in [0, 0.05) is 6.42 Å². The second-order valence-corrected chi connectivity index (χ2v) is 3.59. The minimum Gasteiger partial charge on any atom is -0.462 e. The highest BCUT2D eigenvalue weighted by molar-refractivity contribution is 5.92. The molecule has 1 aromatic rings. The molecule has 0 aliphatic rings. The van der Waals surface area contributed by atoms with Gasteiger partial charge in [-0.2, -0.15) is 14.0 Å². The number of rotatable bonds is 6. The summed E-state index contributed by atoms with van der Waals surface area (Å²) in [4.78, 5) is 11.7. The minimum atomic E-state index is -3.02. The van der Waals surface area contributed by atoms with Crippen molar-refractivity contribution in [1.82, 2.24) is 0 Å². The molecule has 6 heteroatoms. The number of alkyl halides is 2. The normalized spacial score (nSPS) is 10.1. The number of carbonyl (C=O) groups excluding carboxylic acids is 1. The summed E-state index contributed by atoms with van der Waals surface area (Å²) in [7, 11) is 0. The lowest BCUT2D eigenvalue weighted by molar-refractivity contribution is -0.0504. The van der Waals surface area contributed by atoms with Crippen molar-refractivity contribution in [2.75, 3.05) is 6.61 Å². The van der Waals surface area contributed by atoms with Crippen LogP contribution in [0.5, 0.6) is 5.75 Å². The Morgan fingerprint density at radius 2 is 2.21 bits per heavy atom. The molecule has 0 aromatic heterocycles. The van der Waals surface area contributed by atoms with Crippen molar-refractivity contribution in [2.24, 2.45) is 0 Å². The van der Waals surface area contributed by atoms with Crippen LogP contribution in [0.3, 0.4) is 0 Å². The Bertz CT molecular complexity index is 483. The Kier molecular flexibility index (Phi) is 5.73. The van der Waals surface area contributed by atoms with Gasteiger partial charge in [0.1, 0.15) is 11.3 Å². The minimum absolute atomic E-state index is 0.0578. The molecule has 1 aromatic carbocycles. The highest BCUT2D eigenvalue weighted by Crippen LogP contribution is 2.23. The summed E-state index contributed by atoms with van der Waals surface area (Å²) in [6.07, 6.45) is 0.704. The maximum atomic E-state index is 12.2. The second-order valence-electron chi connectivity index (χ2n) is 3.59. The van der Waals surface area contributed by atoms with Crippen LogP contribution in [0.25, 0.3) is 0 Å². The van der Waals surface area contributed by atoms with E-state index in [9.17, 15) is 13.6 Å². The molecule has 0 amide bonds. The van der Waals surface area contributed by atoms with E-state index in [1.54, 1.807) is 6.92 Å². The molecule has 102 valence electrons. The maximum absolute atomic E-state index is 12.2. The Morgan fingerprint density at radius 1 is 1.47 bits per heavy atom. The molecular formula is C13H13F2NO3. The standard InChI is InChI=1S/C13H13F2NO3/c1-2-18-12(17)10-8-9(4-3-7-16)5-6-11(10)19-13(14)15/h5-6,8,13H,2-4H2,1H3. The van der Waals surface area contributed by atoms with Crippen molar-refractivity contribution in [3.63, 3.8) is 0 Å². The quantitative estimate of drug-likeness (QED) is 0.745. The molecule has 0 aliphatic heterocycles. The third-order valence-electron chi connectivity index (χ3n) is 2.28. The highest BCUT2D eigenvalue weighted by atomic mass is 19.3. The Labute approximate surface area is 109 Å². The SMILES string of the molecule is CCOC(=O)c1cc(CCC#N)ccc1OC(F)F. The first-order valence-corrected chi connectivity index (χ1v) is 5.70. The first-order chi connectivity index (χ1) is 9.08. The van der Waals surface area contributed by atoms with Gasteiger partial charge in [0.15, 0.2) is 0 Å². The van der Waals surface area contributed by atoms with Gasteiger partial charge < -0.3 is 9.47 Å². The molecule has 0 saturated heterocycles. The molecule has 1 rings (SSSR count). The number of benzene rings is 1. The van der Waals surface area contributed by atoms with Gasteiger partial charge in [-0.1, -0.05) is 6.07 Å². The highest BCUT2D eigenvalue weighted by Gasteiger charge is 2.17. The number of carbonyl (C=O) groups is 1. The van der Waals surface area contributed by atoms with E-state index in [0.717, 1.165) is 0 Å². The summed E-state index contributed by atoms with van der Waals surface area (Å²) < 4.78 is 33.5. The van der Waals surface area contributed by atoms with Gasteiger partial charge in [-0.15, -0.1) is 0 Å². The fraction of sp³-hybridized carbons (Fsp3) is 0.385. The number of aryl methyl sites for hydroxylation is 1. The van der Waals surface area contributed by atoms with Gasteiger partial charge in [0.25, 0.3) is 0 Å². The van der Waals surface area contributed by atoms with E-state index in [-0.39, 0.29) is 24.3 Å². The monoisotopic (exact) mass is 269 g/mol. The molecule has 0 saturated carbocycles. The molecular weight excluding hydrogens is 256 g/mol. The molecule has 0 spiro atoms. The predicted molar refractivity (Wildman–Crippen MR) is 63.0 cm³/mol. The van der Waals surface area contributed by atoms with Crippen LogP contribution in [-0.4, -0.2) is 19.2 Å². The van der Waals surface area contributed by atoms with E-state index in [1.165, 1.54) is 18.2 Å². The summed E-state index contributed by atoms with van der Waals surface area (Å²) in [5.41, 5.74) is 0.629. The predicted octanol–water partition coefficient (Wildman–Crippen LogP) is 2.92. The van der Waals surface area contributed by atoms with Gasteiger partial charge in [-0.3, -0.25) is 0 Å². The van der Waals surface area contributed by atoms with E-state index in [4.69, 9.17) is 10.00 Å². The molecule has 0 fully saturated rings. The molecule has 19 heavy (non-hydrogen) atoms. The number of hydrogen-bond donors (Lipinski definition) is 0. The van der Waals surface area contributed by atoms with Crippen LogP contribution in [0.15, 0.2) is 18.2 Å². The molecule has 0 bridgehead atoms. The van der Waals surface area contributed by atoms with E-state index in [0.29, 0.717) is 12.0 Å². The van der Waals surface area contributed by atoms with Crippen molar-refractivity contribution in [2.45, 2.75) is 26.4 Å². The Balaban J connectivity index is 3.03. The molecule has 4 nitrogen and oxygen atoms in total. The van der Waals surface area contributed by atoms with Gasteiger partial charge >= 0.3 is 12.6 Å². The number of halogens is 2. The van der Waals surface area contributed by atoms with Crippen LogP contribution >= 0.6 is 0 Å². The number of esters is 1. The number of nitrogens with zero attached hydrogens (tertiary/aromatic N) is 1.